The smallest absolute Gasteiger partial charge is 0.287 e. The highest BCUT2D eigenvalue weighted by molar-refractivity contribution is 9.10. The molecule has 0 unspecified atom stereocenters. The van der Waals surface area contributed by atoms with Gasteiger partial charge in [0.1, 0.15) is 17.0 Å². The summed E-state index contributed by atoms with van der Waals surface area (Å²) in [5, 5.41) is 15.9. The molecule has 0 radical (unpaired) electrons. The number of fused-ring (bicyclic) bond motifs is 1. The van der Waals surface area contributed by atoms with Gasteiger partial charge in [0.15, 0.2) is 11.5 Å². The SMILES string of the molecule is CCCc1nc2ccc(Br)cc2c(=O)n1N=Cc1cc(OC)c(Oc2ccc([N+](=O)[O-])cn2)c(Cl)c1Br. The molecule has 0 spiro atoms. The number of benzene rings is 2. The van der Waals surface area contributed by atoms with Gasteiger partial charge in [0.2, 0.25) is 5.88 Å². The molecule has 10 nitrogen and oxygen atoms in total. The van der Waals surface area contributed by atoms with Crippen LogP contribution in [0.15, 0.2) is 61.4 Å². The van der Waals surface area contributed by atoms with Crippen LogP contribution in [0.25, 0.3) is 10.9 Å². The lowest BCUT2D eigenvalue weighted by atomic mass is 10.2. The van der Waals surface area contributed by atoms with Gasteiger partial charge in [-0.2, -0.15) is 9.78 Å². The lowest BCUT2D eigenvalue weighted by Crippen LogP contribution is -2.22. The zero-order valence-electron chi connectivity index (χ0n) is 19.4. The summed E-state index contributed by atoms with van der Waals surface area (Å²) in [5.74, 6) is 1.02. The molecule has 0 saturated heterocycles. The van der Waals surface area contributed by atoms with Gasteiger partial charge < -0.3 is 9.47 Å². The minimum absolute atomic E-state index is 0.0864. The number of rotatable bonds is 8. The summed E-state index contributed by atoms with van der Waals surface area (Å²) in [6.45, 7) is 1.99. The maximum absolute atomic E-state index is 13.3. The molecule has 0 saturated carbocycles. The van der Waals surface area contributed by atoms with Crippen molar-refractivity contribution in [2.24, 2.45) is 5.10 Å². The molecule has 0 bridgehead atoms. The van der Waals surface area contributed by atoms with Crippen molar-refractivity contribution in [3.05, 3.63) is 88.4 Å². The fraction of sp³-hybridized carbons (Fsp3) is 0.167. The Labute approximate surface area is 232 Å². The molecule has 2 aromatic carbocycles. The Kier molecular flexibility index (Phi) is 8.20. The van der Waals surface area contributed by atoms with E-state index in [0.29, 0.717) is 33.2 Å². The Bertz CT molecular complexity index is 1590. The molecule has 0 atom stereocenters. The Balaban J connectivity index is 1.75. The van der Waals surface area contributed by atoms with Gasteiger partial charge in [0.05, 0.1) is 29.2 Å². The third-order valence-electron chi connectivity index (χ3n) is 5.18. The fourth-order valence-electron chi connectivity index (χ4n) is 3.41. The van der Waals surface area contributed by atoms with E-state index in [4.69, 9.17) is 21.1 Å². The van der Waals surface area contributed by atoms with Gasteiger partial charge in [-0.3, -0.25) is 14.9 Å². The van der Waals surface area contributed by atoms with Gasteiger partial charge in [-0.05, 0) is 46.6 Å². The number of halogens is 3. The topological polar surface area (TPSA) is 122 Å². The molecule has 0 aliphatic carbocycles. The first-order chi connectivity index (χ1) is 17.7. The molecule has 2 heterocycles. The zero-order chi connectivity index (χ0) is 26.7. The van der Waals surface area contributed by atoms with E-state index in [1.807, 2.05) is 13.0 Å². The Morgan fingerprint density at radius 2 is 2.03 bits per heavy atom. The zero-order valence-corrected chi connectivity index (χ0v) is 23.4. The predicted molar refractivity (Wildman–Crippen MR) is 147 cm³/mol. The van der Waals surface area contributed by atoms with E-state index in [1.54, 1.807) is 18.2 Å². The molecular formula is C24H18Br2ClN5O5. The van der Waals surface area contributed by atoms with Crippen LogP contribution in [-0.4, -0.2) is 32.9 Å². The fourth-order valence-corrected chi connectivity index (χ4v) is 4.41. The van der Waals surface area contributed by atoms with E-state index in [2.05, 4.69) is 46.9 Å². The van der Waals surface area contributed by atoms with Crippen molar-refractivity contribution in [3.63, 3.8) is 0 Å². The summed E-state index contributed by atoms with van der Waals surface area (Å²) in [7, 11) is 1.44. The van der Waals surface area contributed by atoms with E-state index >= 15 is 0 Å². The third kappa shape index (κ3) is 5.65. The van der Waals surface area contributed by atoms with Crippen molar-refractivity contribution in [1.29, 1.82) is 0 Å². The number of methoxy groups -OCH3 is 1. The average Bonchev–Trinajstić information content (AvgIpc) is 2.88. The summed E-state index contributed by atoms with van der Waals surface area (Å²) >= 11 is 13.4. The molecule has 13 heteroatoms. The van der Waals surface area contributed by atoms with Crippen LogP contribution < -0.4 is 15.0 Å². The first kappa shape index (κ1) is 26.7. The lowest BCUT2D eigenvalue weighted by molar-refractivity contribution is -0.385. The molecule has 0 N–H and O–H groups in total. The second-order valence-electron chi connectivity index (χ2n) is 7.64. The minimum atomic E-state index is -0.559. The van der Waals surface area contributed by atoms with Crippen molar-refractivity contribution in [2.45, 2.75) is 19.8 Å². The summed E-state index contributed by atoms with van der Waals surface area (Å²) in [6.07, 6.45) is 3.88. The summed E-state index contributed by atoms with van der Waals surface area (Å²) in [4.78, 5) is 32.1. The number of nitrogens with zero attached hydrogens (tertiary/aromatic N) is 5. The quantitative estimate of drug-likeness (QED) is 0.121. The standard InChI is InChI=1S/C24H18Br2ClN5O5/c1-3-4-19-30-17-7-5-14(25)10-16(17)24(33)31(19)29-11-13-9-18(36-2)23(22(27)21(13)26)37-20-8-6-15(12-28-20)32(34)35/h5-12H,3-4H2,1-2H3. The molecule has 0 fully saturated rings. The third-order valence-corrected chi connectivity index (χ3v) is 7.11. The van der Waals surface area contributed by atoms with E-state index < -0.39 is 4.92 Å². The molecule has 4 rings (SSSR count). The normalized spacial score (nSPS) is 11.3. The van der Waals surface area contributed by atoms with Crippen LogP contribution >= 0.6 is 43.5 Å². The molecule has 37 heavy (non-hydrogen) atoms. The number of pyridine rings is 1. The Morgan fingerprint density at radius 1 is 1.24 bits per heavy atom. The first-order valence-corrected chi connectivity index (χ1v) is 12.8. The van der Waals surface area contributed by atoms with Crippen molar-refractivity contribution < 1.29 is 14.4 Å². The van der Waals surface area contributed by atoms with Crippen LogP contribution in [0.1, 0.15) is 24.7 Å². The van der Waals surface area contributed by atoms with Crippen LogP contribution in [0.4, 0.5) is 5.69 Å². The summed E-state index contributed by atoms with van der Waals surface area (Å²) in [5.41, 5.74) is 0.626. The second kappa shape index (κ2) is 11.4. The van der Waals surface area contributed by atoms with Crippen molar-refractivity contribution in [1.82, 2.24) is 14.6 Å². The van der Waals surface area contributed by atoms with Crippen molar-refractivity contribution in [2.75, 3.05) is 7.11 Å². The van der Waals surface area contributed by atoms with Gasteiger partial charge >= 0.3 is 0 Å². The molecule has 4 aromatic rings. The number of aryl methyl sites for hydroxylation is 1. The van der Waals surface area contributed by atoms with Gasteiger partial charge in [0, 0.05) is 33.1 Å². The minimum Gasteiger partial charge on any atom is -0.493 e. The summed E-state index contributed by atoms with van der Waals surface area (Å²) < 4.78 is 13.7. The highest BCUT2D eigenvalue weighted by Crippen LogP contribution is 2.44. The Morgan fingerprint density at radius 3 is 2.68 bits per heavy atom. The molecule has 190 valence electrons. The van der Waals surface area contributed by atoms with Crippen molar-refractivity contribution in [3.8, 4) is 17.4 Å². The van der Waals surface area contributed by atoms with Crippen LogP contribution in [0, 0.1) is 10.1 Å². The van der Waals surface area contributed by atoms with E-state index in [0.717, 1.165) is 17.1 Å². The molecule has 0 amide bonds. The Hall–Kier alpha value is -3.35. The van der Waals surface area contributed by atoms with E-state index in [9.17, 15) is 14.9 Å². The molecular weight excluding hydrogens is 634 g/mol. The van der Waals surface area contributed by atoms with Crippen LogP contribution in [0.2, 0.25) is 5.02 Å². The van der Waals surface area contributed by atoms with Gasteiger partial charge in [0.25, 0.3) is 11.2 Å². The van der Waals surface area contributed by atoms with Crippen molar-refractivity contribution >= 4 is 66.3 Å². The van der Waals surface area contributed by atoms with Gasteiger partial charge in [-0.25, -0.2) is 9.97 Å². The highest BCUT2D eigenvalue weighted by atomic mass is 79.9. The highest BCUT2D eigenvalue weighted by Gasteiger charge is 2.19. The maximum Gasteiger partial charge on any atom is 0.287 e. The number of hydrogen-bond acceptors (Lipinski definition) is 8. The summed E-state index contributed by atoms with van der Waals surface area (Å²) in [6, 6.07) is 9.56. The average molecular weight is 652 g/mol. The first-order valence-electron chi connectivity index (χ1n) is 10.8. The molecule has 0 aliphatic rings. The van der Waals surface area contributed by atoms with Crippen LogP contribution in [-0.2, 0) is 6.42 Å². The predicted octanol–water partition coefficient (Wildman–Crippen LogP) is 6.51. The maximum atomic E-state index is 13.3. The molecule has 2 aromatic heterocycles. The van der Waals surface area contributed by atoms with Gasteiger partial charge in [-0.1, -0.05) is 34.5 Å². The van der Waals surface area contributed by atoms with Crippen LogP contribution in [0.5, 0.6) is 17.4 Å². The van der Waals surface area contributed by atoms with Gasteiger partial charge in [-0.15, -0.1) is 0 Å². The monoisotopic (exact) mass is 649 g/mol. The van der Waals surface area contributed by atoms with Crippen LogP contribution in [0.3, 0.4) is 0 Å². The number of ether oxygens (including phenoxy) is 2. The number of hydrogen-bond donors (Lipinski definition) is 0. The van der Waals surface area contributed by atoms with E-state index in [1.165, 1.54) is 30.1 Å². The number of aromatic nitrogens is 3. The van der Waals surface area contributed by atoms with E-state index in [-0.39, 0.29) is 33.6 Å². The lowest BCUT2D eigenvalue weighted by Gasteiger charge is -2.14. The second-order valence-corrected chi connectivity index (χ2v) is 9.73. The molecule has 0 aliphatic heterocycles. The number of nitro groups is 1. The largest absolute Gasteiger partial charge is 0.493 e.